The Hall–Kier alpha value is -2.43. The number of aryl methyl sites for hydroxylation is 1. The highest BCUT2D eigenvalue weighted by atomic mass is 16.6. The summed E-state index contributed by atoms with van der Waals surface area (Å²) in [6.07, 6.45) is 1.69. The van der Waals surface area contributed by atoms with Gasteiger partial charge in [0.25, 0.3) is 5.69 Å². The second-order valence-electron chi connectivity index (χ2n) is 3.80. The van der Waals surface area contributed by atoms with Crippen molar-refractivity contribution in [3.63, 3.8) is 0 Å². The molecule has 1 aromatic carbocycles. The summed E-state index contributed by atoms with van der Waals surface area (Å²) in [5.74, 6) is 0.684. The lowest BCUT2D eigenvalue weighted by molar-refractivity contribution is -0.384. The van der Waals surface area contributed by atoms with E-state index in [0.29, 0.717) is 5.75 Å². The molecule has 0 N–H and O–H groups in total. The zero-order chi connectivity index (χ0) is 13.0. The van der Waals surface area contributed by atoms with Crippen LogP contribution in [-0.4, -0.2) is 9.91 Å². The SMILES string of the molecule is Cc1ncccc1OCc1cccc([N+](=O)[O-])c1. The third kappa shape index (κ3) is 2.82. The van der Waals surface area contributed by atoms with Crippen LogP contribution >= 0.6 is 0 Å². The van der Waals surface area contributed by atoms with Crippen molar-refractivity contribution in [1.82, 2.24) is 4.98 Å². The standard InChI is InChI=1S/C13H12N2O3/c1-10-13(6-3-7-14-10)18-9-11-4-2-5-12(8-11)15(16)17/h2-8H,9H2,1H3. The number of hydrogen-bond acceptors (Lipinski definition) is 4. The minimum absolute atomic E-state index is 0.0685. The lowest BCUT2D eigenvalue weighted by atomic mass is 10.2. The summed E-state index contributed by atoms with van der Waals surface area (Å²) in [5, 5.41) is 10.6. The minimum atomic E-state index is -0.418. The molecule has 0 aliphatic rings. The van der Waals surface area contributed by atoms with E-state index >= 15 is 0 Å². The van der Waals surface area contributed by atoms with Crippen molar-refractivity contribution in [3.05, 3.63) is 64.0 Å². The number of pyridine rings is 1. The van der Waals surface area contributed by atoms with Crippen LogP contribution < -0.4 is 4.74 Å². The molecule has 0 fully saturated rings. The van der Waals surface area contributed by atoms with Gasteiger partial charge in [-0.2, -0.15) is 0 Å². The molecule has 0 saturated heterocycles. The number of nitrogens with zero attached hydrogens (tertiary/aromatic N) is 2. The third-order valence-electron chi connectivity index (χ3n) is 2.47. The topological polar surface area (TPSA) is 65.3 Å². The molecule has 18 heavy (non-hydrogen) atoms. The molecular formula is C13H12N2O3. The monoisotopic (exact) mass is 244 g/mol. The maximum Gasteiger partial charge on any atom is 0.269 e. The molecule has 5 nitrogen and oxygen atoms in total. The van der Waals surface area contributed by atoms with Gasteiger partial charge in [-0.15, -0.1) is 0 Å². The molecule has 0 aliphatic heterocycles. The van der Waals surface area contributed by atoms with Crippen molar-refractivity contribution in [2.75, 3.05) is 0 Å². The molecule has 5 heteroatoms. The predicted molar refractivity (Wildman–Crippen MR) is 66.4 cm³/mol. The maximum atomic E-state index is 10.6. The number of non-ortho nitro benzene ring substituents is 1. The van der Waals surface area contributed by atoms with E-state index in [4.69, 9.17) is 4.74 Å². The first-order valence-corrected chi connectivity index (χ1v) is 5.44. The van der Waals surface area contributed by atoms with Crippen LogP contribution in [0, 0.1) is 17.0 Å². The Balaban J connectivity index is 2.09. The molecule has 0 saturated carbocycles. The predicted octanol–water partition coefficient (Wildman–Crippen LogP) is 2.88. The van der Waals surface area contributed by atoms with Crippen LogP contribution in [0.3, 0.4) is 0 Å². The fourth-order valence-corrected chi connectivity index (χ4v) is 1.54. The van der Waals surface area contributed by atoms with Crippen LogP contribution in [-0.2, 0) is 6.61 Å². The average molecular weight is 244 g/mol. The summed E-state index contributed by atoms with van der Waals surface area (Å²) in [7, 11) is 0. The van der Waals surface area contributed by atoms with Crippen molar-refractivity contribution < 1.29 is 9.66 Å². The van der Waals surface area contributed by atoms with E-state index in [-0.39, 0.29) is 12.3 Å². The van der Waals surface area contributed by atoms with Crippen molar-refractivity contribution in [2.24, 2.45) is 0 Å². The van der Waals surface area contributed by atoms with Crippen LogP contribution in [0.4, 0.5) is 5.69 Å². The summed E-state index contributed by atoms with van der Waals surface area (Å²) in [4.78, 5) is 14.3. The van der Waals surface area contributed by atoms with Crippen LogP contribution in [0.2, 0.25) is 0 Å². The number of benzene rings is 1. The first kappa shape index (κ1) is 12.0. The highest BCUT2D eigenvalue weighted by Crippen LogP contribution is 2.18. The summed E-state index contributed by atoms with van der Waals surface area (Å²) < 4.78 is 5.57. The number of ether oxygens (including phenoxy) is 1. The molecule has 0 bridgehead atoms. The lowest BCUT2D eigenvalue weighted by Crippen LogP contribution is -1.98. The summed E-state index contributed by atoms with van der Waals surface area (Å²) >= 11 is 0. The Kier molecular flexibility index (Phi) is 3.52. The molecule has 0 aliphatic carbocycles. The first-order chi connectivity index (χ1) is 8.66. The summed E-state index contributed by atoms with van der Waals surface area (Å²) in [6.45, 7) is 2.14. The molecule has 0 atom stereocenters. The molecule has 0 amide bonds. The Labute approximate surface area is 104 Å². The fourth-order valence-electron chi connectivity index (χ4n) is 1.54. The largest absolute Gasteiger partial charge is 0.487 e. The molecular weight excluding hydrogens is 232 g/mol. The summed E-state index contributed by atoms with van der Waals surface area (Å²) in [6, 6.07) is 10.0. The molecule has 1 heterocycles. The Morgan fingerprint density at radius 2 is 2.17 bits per heavy atom. The first-order valence-electron chi connectivity index (χ1n) is 5.44. The molecule has 92 valence electrons. The van der Waals surface area contributed by atoms with Gasteiger partial charge in [-0.05, 0) is 24.6 Å². The molecule has 0 radical (unpaired) electrons. The van der Waals surface area contributed by atoms with Gasteiger partial charge in [-0.3, -0.25) is 15.1 Å². The fraction of sp³-hybridized carbons (Fsp3) is 0.154. The molecule has 0 unspecified atom stereocenters. The maximum absolute atomic E-state index is 10.6. The van der Waals surface area contributed by atoms with E-state index in [1.165, 1.54) is 12.1 Å². The van der Waals surface area contributed by atoms with E-state index < -0.39 is 4.92 Å². The van der Waals surface area contributed by atoms with Crippen LogP contribution in [0.1, 0.15) is 11.3 Å². The zero-order valence-corrected chi connectivity index (χ0v) is 9.87. The van der Waals surface area contributed by atoms with Crippen molar-refractivity contribution in [1.29, 1.82) is 0 Å². The van der Waals surface area contributed by atoms with Gasteiger partial charge < -0.3 is 4.74 Å². The summed E-state index contributed by atoms with van der Waals surface area (Å²) in [5.41, 5.74) is 1.62. The van der Waals surface area contributed by atoms with Gasteiger partial charge in [0.05, 0.1) is 10.6 Å². The molecule has 2 aromatic rings. The van der Waals surface area contributed by atoms with Crippen LogP contribution in [0.5, 0.6) is 5.75 Å². The Morgan fingerprint density at radius 3 is 2.89 bits per heavy atom. The van der Waals surface area contributed by atoms with Gasteiger partial charge in [0.2, 0.25) is 0 Å². The lowest BCUT2D eigenvalue weighted by Gasteiger charge is -2.07. The van der Waals surface area contributed by atoms with Gasteiger partial charge in [0.1, 0.15) is 12.4 Å². The smallest absolute Gasteiger partial charge is 0.269 e. The number of aromatic nitrogens is 1. The van der Waals surface area contributed by atoms with Crippen molar-refractivity contribution in [2.45, 2.75) is 13.5 Å². The van der Waals surface area contributed by atoms with Gasteiger partial charge in [0.15, 0.2) is 0 Å². The Morgan fingerprint density at radius 1 is 1.33 bits per heavy atom. The number of nitro groups is 1. The quantitative estimate of drug-likeness (QED) is 0.612. The zero-order valence-electron chi connectivity index (χ0n) is 9.87. The molecule has 0 spiro atoms. The van der Waals surface area contributed by atoms with Gasteiger partial charge >= 0.3 is 0 Å². The van der Waals surface area contributed by atoms with E-state index in [2.05, 4.69) is 4.98 Å². The van der Waals surface area contributed by atoms with Crippen LogP contribution in [0.25, 0.3) is 0 Å². The van der Waals surface area contributed by atoms with Crippen molar-refractivity contribution >= 4 is 5.69 Å². The second kappa shape index (κ2) is 5.27. The molecule has 1 aromatic heterocycles. The van der Waals surface area contributed by atoms with E-state index in [0.717, 1.165) is 11.3 Å². The highest BCUT2D eigenvalue weighted by Gasteiger charge is 2.06. The Bertz CT molecular complexity index is 570. The number of nitro benzene ring substituents is 1. The van der Waals surface area contributed by atoms with E-state index in [1.807, 2.05) is 13.0 Å². The highest BCUT2D eigenvalue weighted by molar-refractivity contribution is 5.34. The molecule has 2 rings (SSSR count). The van der Waals surface area contributed by atoms with E-state index in [1.54, 1.807) is 24.4 Å². The van der Waals surface area contributed by atoms with Crippen molar-refractivity contribution in [3.8, 4) is 5.75 Å². The van der Waals surface area contributed by atoms with Gasteiger partial charge in [0, 0.05) is 18.3 Å². The normalized spacial score (nSPS) is 10.1. The van der Waals surface area contributed by atoms with Crippen LogP contribution in [0.15, 0.2) is 42.6 Å². The average Bonchev–Trinajstić information content (AvgIpc) is 2.38. The minimum Gasteiger partial charge on any atom is -0.487 e. The van der Waals surface area contributed by atoms with E-state index in [9.17, 15) is 10.1 Å². The second-order valence-corrected chi connectivity index (χ2v) is 3.80. The number of hydrogen-bond donors (Lipinski definition) is 0. The third-order valence-corrected chi connectivity index (χ3v) is 2.47. The number of rotatable bonds is 4. The van der Waals surface area contributed by atoms with Gasteiger partial charge in [-0.1, -0.05) is 12.1 Å². The van der Waals surface area contributed by atoms with Gasteiger partial charge in [-0.25, -0.2) is 0 Å².